The van der Waals surface area contributed by atoms with Crippen molar-refractivity contribution in [1.29, 1.82) is 0 Å². The van der Waals surface area contributed by atoms with E-state index in [1.807, 2.05) is 31.2 Å². The van der Waals surface area contributed by atoms with E-state index in [1.165, 1.54) is 11.1 Å². The van der Waals surface area contributed by atoms with Gasteiger partial charge in [0.1, 0.15) is 0 Å². The van der Waals surface area contributed by atoms with Crippen LogP contribution in [0.5, 0.6) is 0 Å². The first kappa shape index (κ1) is 20.8. The zero-order valence-electron chi connectivity index (χ0n) is 16.8. The Morgan fingerprint density at radius 2 is 1.93 bits per heavy atom. The van der Waals surface area contributed by atoms with Gasteiger partial charge in [-0.2, -0.15) is 4.99 Å². The number of carbonyl (C=O) groups excluding carboxylic acids is 1. The number of thiazole rings is 1. The van der Waals surface area contributed by atoms with Gasteiger partial charge in [-0.25, -0.2) is 0 Å². The first-order chi connectivity index (χ1) is 13.5. The summed E-state index contributed by atoms with van der Waals surface area (Å²) in [7, 11) is 0. The highest BCUT2D eigenvalue weighted by molar-refractivity contribution is 7.99. The van der Waals surface area contributed by atoms with Crippen LogP contribution in [0.2, 0.25) is 0 Å². The first-order valence-corrected chi connectivity index (χ1v) is 11.3. The summed E-state index contributed by atoms with van der Waals surface area (Å²) < 4.78 is 8.81. The minimum absolute atomic E-state index is 0.193. The Balaban J connectivity index is 2.10. The molecule has 2 aromatic carbocycles. The van der Waals surface area contributed by atoms with Gasteiger partial charge < -0.3 is 9.30 Å². The summed E-state index contributed by atoms with van der Waals surface area (Å²) in [6.07, 6.45) is 0. The monoisotopic (exact) mass is 414 g/mol. The number of thioether (sulfide) groups is 1. The Morgan fingerprint density at radius 3 is 2.68 bits per heavy atom. The third-order valence-corrected chi connectivity index (χ3v) is 6.57. The summed E-state index contributed by atoms with van der Waals surface area (Å²) >= 11 is 3.23. The van der Waals surface area contributed by atoms with Gasteiger partial charge in [0, 0.05) is 18.0 Å². The van der Waals surface area contributed by atoms with Crippen molar-refractivity contribution in [3.63, 3.8) is 0 Å². The zero-order chi connectivity index (χ0) is 20.1. The molecule has 0 N–H and O–H groups in total. The summed E-state index contributed by atoms with van der Waals surface area (Å²) in [5, 5.41) is 0. The molecule has 1 heterocycles. The Morgan fingerprint density at radius 1 is 1.18 bits per heavy atom. The minimum Gasteiger partial charge on any atom is -0.380 e. The summed E-state index contributed by atoms with van der Waals surface area (Å²) in [6.45, 7) is 10.2. The van der Waals surface area contributed by atoms with Crippen LogP contribution in [-0.4, -0.2) is 29.4 Å². The van der Waals surface area contributed by atoms with Crippen LogP contribution in [0.3, 0.4) is 0 Å². The molecule has 0 saturated carbocycles. The number of ether oxygens (including phenoxy) is 1. The molecule has 148 valence electrons. The second-order valence-electron chi connectivity index (χ2n) is 6.48. The van der Waals surface area contributed by atoms with E-state index in [0.29, 0.717) is 25.3 Å². The van der Waals surface area contributed by atoms with E-state index in [9.17, 15) is 4.79 Å². The molecule has 28 heavy (non-hydrogen) atoms. The number of amides is 1. The fourth-order valence-electron chi connectivity index (χ4n) is 2.99. The predicted octanol–water partition coefficient (Wildman–Crippen LogP) is 5.21. The van der Waals surface area contributed by atoms with E-state index < -0.39 is 0 Å². The molecular weight excluding hydrogens is 388 g/mol. The van der Waals surface area contributed by atoms with E-state index >= 15 is 0 Å². The normalized spacial score (nSPS) is 12.1. The van der Waals surface area contributed by atoms with E-state index in [1.54, 1.807) is 23.1 Å². The van der Waals surface area contributed by atoms with Gasteiger partial charge >= 0.3 is 0 Å². The number of nitrogens with zero attached hydrogens (tertiary/aromatic N) is 2. The molecule has 0 aliphatic carbocycles. The van der Waals surface area contributed by atoms with Gasteiger partial charge in [-0.1, -0.05) is 30.4 Å². The Kier molecular flexibility index (Phi) is 7.10. The van der Waals surface area contributed by atoms with E-state index in [-0.39, 0.29) is 5.91 Å². The maximum Gasteiger partial charge on any atom is 0.280 e. The van der Waals surface area contributed by atoms with Crippen molar-refractivity contribution in [2.75, 3.05) is 19.0 Å². The first-order valence-electron chi connectivity index (χ1n) is 9.54. The smallest absolute Gasteiger partial charge is 0.280 e. The summed E-state index contributed by atoms with van der Waals surface area (Å²) in [5.41, 5.74) is 4.25. The van der Waals surface area contributed by atoms with Crippen molar-refractivity contribution in [2.45, 2.75) is 39.1 Å². The highest BCUT2D eigenvalue weighted by atomic mass is 32.2. The predicted molar refractivity (Wildman–Crippen MR) is 119 cm³/mol. The molecule has 3 rings (SSSR count). The van der Waals surface area contributed by atoms with Gasteiger partial charge in [-0.3, -0.25) is 4.79 Å². The zero-order valence-corrected chi connectivity index (χ0v) is 18.5. The molecule has 4 nitrogen and oxygen atoms in total. The van der Waals surface area contributed by atoms with Crippen LogP contribution in [0.15, 0.2) is 46.3 Å². The quantitative estimate of drug-likeness (QED) is 0.394. The molecule has 0 spiro atoms. The molecular formula is C22H26N2O2S2. The van der Waals surface area contributed by atoms with Crippen molar-refractivity contribution in [3.8, 4) is 0 Å². The lowest BCUT2D eigenvalue weighted by atomic mass is 10.1. The second kappa shape index (κ2) is 9.54. The Labute approximate surface area is 174 Å². The third-order valence-electron chi connectivity index (χ3n) is 4.58. The van der Waals surface area contributed by atoms with Gasteiger partial charge in [-0.05, 0) is 61.9 Å². The number of rotatable bonds is 7. The van der Waals surface area contributed by atoms with Crippen molar-refractivity contribution < 1.29 is 9.53 Å². The number of aryl methyl sites for hydroxylation is 2. The number of aromatic nitrogens is 1. The van der Waals surface area contributed by atoms with Crippen molar-refractivity contribution >= 4 is 39.2 Å². The van der Waals surface area contributed by atoms with Gasteiger partial charge in [0.15, 0.2) is 4.80 Å². The number of benzene rings is 2. The van der Waals surface area contributed by atoms with Crippen LogP contribution in [0, 0.1) is 13.8 Å². The fraction of sp³-hybridized carbons (Fsp3) is 0.364. The molecule has 0 unspecified atom stereocenters. The molecule has 1 aromatic heterocycles. The van der Waals surface area contributed by atoms with Crippen molar-refractivity contribution in [2.24, 2.45) is 4.99 Å². The molecule has 0 saturated heterocycles. The maximum absolute atomic E-state index is 13.0. The van der Waals surface area contributed by atoms with E-state index in [2.05, 4.69) is 42.5 Å². The third kappa shape index (κ3) is 4.57. The average Bonchev–Trinajstić information content (AvgIpc) is 2.99. The van der Waals surface area contributed by atoms with Crippen LogP contribution in [0.25, 0.3) is 10.2 Å². The Hall–Kier alpha value is -1.89. The largest absolute Gasteiger partial charge is 0.380 e. The van der Waals surface area contributed by atoms with Gasteiger partial charge in [0.25, 0.3) is 5.91 Å². The average molecular weight is 415 g/mol. The number of hydrogen-bond acceptors (Lipinski definition) is 4. The van der Waals surface area contributed by atoms with Crippen LogP contribution in [0.1, 0.15) is 35.3 Å². The summed E-state index contributed by atoms with van der Waals surface area (Å²) in [6, 6.07) is 12.0. The number of fused-ring (bicyclic) bond motifs is 1. The van der Waals surface area contributed by atoms with Crippen LogP contribution >= 0.6 is 23.1 Å². The lowest BCUT2D eigenvalue weighted by molar-refractivity contribution is 0.0994. The molecule has 0 fully saturated rings. The molecule has 0 bridgehead atoms. The Bertz CT molecular complexity index is 1050. The SMILES string of the molecule is CCOCCn1c(=NC(=O)c2ccccc2SCC)sc2cc(C)c(C)cc21. The number of carbonyl (C=O) groups is 1. The number of hydrogen-bond donors (Lipinski definition) is 0. The second-order valence-corrected chi connectivity index (χ2v) is 8.80. The van der Waals surface area contributed by atoms with Gasteiger partial charge in [-0.15, -0.1) is 11.8 Å². The van der Waals surface area contributed by atoms with Crippen molar-refractivity contribution in [3.05, 3.63) is 57.9 Å². The minimum atomic E-state index is -0.193. The molecule has 0 radical (unpaired) electrons. The standard InChI is InChI=1S/C22H26N2O2S2/c1-5-26-12-11-24-18-13-15(3)16(4)14-20(18)28-22(24)23-21(25)17-9-7-8-10-19(17)27-6-2/h7-10,13-14H,5-6,11-12H2,1-4H3. The molecule has 1 amide bonds. The lowest BCUT2D eigenvalue weighted by Crippen LogP contribution is -2.20. The molecule has 3 aromatic rings. The molecule has 6 heteroatoms. The molecule has 0 aliphatic rings. The highest BCUT2D eigenvalue weighted by Gasteiger charge is 2.13. The van der Waals surface area contributed by atoms with Crippen LogP contribution in [-0.2, 0) is 11.3 Å². The van der Waals surface area contributed by atoms with E-state index in [4.69, 9.17) is 4.74 Å². The topological polar surface area (TPSA) is 43.6 Å². The summed E-state index contributed by atoms with van der Waals surface area (Å²) in [5.74, 6) is 0.724. The van der Waals surface area contributed by atoms with Crippen molar-refractivity contribution in [1.82, 2.24) is 4.57 Å². The highest BCUT2D eigenvalue weighted by Crippen LogP contribution is 2.24. The van der Waals surface area contributed by atoms with Crippen LogP contribution in [0.4, 0.5) is 0 Å². The fourth-order valence-corrected chi connectivity index (χ4v) is 4.93. The lowest BCUT2D eigenvalue weighted by Gasteiger charge is -2.07. The maximum atomic E-state index is 13.0. The van der Waals surface area contributed by atoms with Gasteiger partial charge in [0.2, 0.25) is 0 Å². The molecule has 0 aliphatic heterocycles. The van der Waals surface area contributed by atoms with Gasteiger partial charge in [0.05, 0.1) is 22.4 Å². The van der Waals surface area contributed by atoms with Crippen LogP contribution < -0.4 is 4.80 Å². The summed E-state index contributed by atoms with van der Waals surface area (Å²) in [4.78, 5) is 19.2. The molecule has 0 atom stereocenters. The van der Waals surface area contributed by atoms with E-state index in [0.717, 1.165) is 25.7 Å².